The summed E-state index contributed by atoms with van der Waals surface area (Å²) in [6.45, 7) is 6.28. The second kappa shape index (κ2) is 2.78. The first-order chi connectivity index (χ1) is 5.02. The van der Waals surface area contributed by atoms with Crippen LogP contribution in [0.25, 0.3) is 0 Å². The Balaban J connectivity index is 3.14. The first-order valence-electron chi connectivity index (χ1n) is 3.48. The van der Waals surface area contributed by atoms with E-state index in [0.29, 0.717) is 5.02 Å². The van der Waals surface area contributed by atoms with Crippen LogP contribution in [-0.4, -0.2) is 10.2 Å². The number of halogens is 1. The van der Waals surface area contributed by atoms with Gasteiger partial charge in [-0.3, -0.25) is 0 Å². The summed E-state index contributed by atoms with van der Waals surface area (Å²) in [5, 5.41) is 8.14. The van der Waals surface area contributed by atoms with E-state index in [9.17, 15) is 0 Å². The molecule has 0 N–H and O–H groups in total. The Labute approximate surface area is 71.6 Å². The Morgan fingerprint density at radius 3 is 2.09 bits per heavy atom. The third kappa shape index (κ3) is 1.90. The van der Waals surface area contributed by atoms with E-state index < -0.39 is 0 Å². The van der Waals surface area contributed by atoms with Gasteiger partial charge in [0.25, 0.3) is 0 Å². The van der Waals surface area contributed by atoms with E-state index in [1.54, 1.807) is 12.4 Å². The van der Waals surface area contributed by atoms with Crippen LogP contribution in [0.3, 0.4) is 0 Å². The summed E-state index contributed by atoms with van der Waals surface area (Å²) < 4.78 is 0. The van der Waals surface area contributed by atoms with E-state index in [1.165, 1.54) is 0 Å². The highest BCUT2D eigenvalue weighted by molar-refractivity contribution is 6.31. The molecule has 0 amide bonds. The van der Waals surface area contributed by atoms with Gasteiger partial charge in [-0.15, -0.1) is 0 Å². The maximum Gasteiger partial charge on any atom is 0.0685 e. The molecule has 1 heterocycles. The Morgan fingerprint density at radius 1 is 1.18 bits per heavy atom. The number of aromatic nitrogens is 2. The van der Waals surface area contributed by atoms with Crippen LogP contribution in [-0.2, 0) is 5.41 Å². The maximum absolute atomic E-state index is 5.91. The van der Waals surface area contributed by atoms with Gasteiger partial charge in [-0.05, 0) is 11.0 Å². The Kier molecular flexibility index (Phi) is 2.14. The largest absolute Gasteiger partial charge is 0.159 e. The van der Waals surface area contributed by atoms with Crippen LogP contribution in [0.4, 0.5) is 0 Å². The smallest absolute Gasteiger partial charge is 0.0685 e. The van der Waals surface area contributed by atoms with Crippen molar-refractivity contribution in [3.8, 4) is 0 Å². The molecule has 0 saturated heterocycles. The lowest BCUT2D eigenvalue weighted by molar-refractivity contribution is 0.585. The fourth-order valence-corrected chi connectivity index (χ4v) is 1.23. The topological polar surface area (TPSA) is 25.8 Å². The van der Waals surface area contributed by atoms with E-state index in [1.807, 2.05) is 0 Å². The average molecular weight is 171 g/mol. The molecule has 1 aromatic rings. The molecule has 0 atom stereocenters. The van der Waals surface area contributed by atoms with Crippen LogP contribution < -0.4 is 0 Å². The Bertz CT molecular complexity index is 253. The van der Waals surface area contributed by atoms with Gasteiger partial charge in [0.2, 0.25) is 0 Å². The number of rotatable bonds is 0. The maximum atomic E-state index is 5.91. The van der Waals surface area contributed by atoms with Crippen molar-refractivity contribution in [1.82, 2.24) is 10.2 Å². The molecule has 0 aliphatic heterocycles. The van der Waals surface area contributed by atoms with Crippen LogP contribution in [0.1, 0.15) is 26.3 Å². The van der Waals surface area contributed by atoms with E-state index in [2.05, 4.69) is 31.0 Å². The summed E-state index contributed by atoms with van der Waals surface area (Å²) in [5.41, 5.74) is 1.08. The summed E-state index contributed by atoms with van der Waals surface area (Å²) in [4.78, 5) is 0. The Morgan fingerprint density at radius 2 is 1.73 bits per heavy atom. The minimum absolute atomic E-state index is 0.0486. The van der Waals surface area contributed by atoms with Crippen LogP contribution in [0.5, 0.6) is 0 Å². The fourth-order valence-electron chi connectivity index (χ4n) is 0.858. The molecular weight excluding hydrogens is 160 g/mol. The van der Waals surface area contributed by atoms with Gasteiger partial charge in [-0.25, -0.2) is 0 Å². The molecule has 2 nitrogen and oxygen atoms in total. The lowest BCUT2D eigenvalue weighted by Gasteiger charge is -2.18. The minimum atomic E-state index is 0.0486. The van der Waals surface area contributed by atoms with Gasteiger partial charge in [0.05, 0.1) is 17.4 Å². The van der Waals surface area contributed by atoms with Gasteiger partial charge in [-0.1, -0.05) is 32.4 Å². The molecule has 0 bridgehead atoms. The van der Waals surface area contributed by atoms with Crippen molar-refractivity contribution in [1.29, 1.82) is 0 Å². The van der Waals surface area contributed by atoms with E-state index >= 15 is 0 Å². The predicted octanol–water partition coefficient (Wildman–Crippen LogP) is 2.43. The molecule has 3 heteroatoms. The van der Waals surface area contributed by atoms with Crippen LogP contribution >= 0.6 is 11.6 Å². The molecule has 60 valence electrons. The summed E-state index contributed by atoms with van der Waals surface area (Å²) >= 11 is 5.91. The molecule has 0 saturated carbocycles. The number of nitrogens with zero attached hydrogens (tertiary/aromatic N) is 2. The molecule has 0 fully saturated rings. The van der Waals surface area contributed by atoms with Crippen molar-refractivity contribution >= 4 is 11.6 Å². The molecule has 0 radical (unpaired) electrons. The zero-order valence-electron chi connectivity index (χ0n) is 6.93. The molecule has 0 spiro atoms. The van der Waals surface area contributed by atoms with Crippen molar-refractivity contribution in [2.24, 2.45) is 0 Å². The number of hydrogen-bond acceptors (Lipinski definition) is 2. The van der Waals surface area contributed by atoms with Crippen molar-refractivity contribution in [3.63, 3.8) is 0 Å². The average Bonchev–Trinajstić information content (AvgIpc) is 1.86. The quantitative estimate of drug-likeness (QED) is 0.598. The first-order valence-corrected chi connectivity index (χ1v) is 3.86. The zero-order valence-corrected chi connectivity index (χ0v) is 7.68. The monoisotopic (exact) mass is 170 g/mol. The zero-order chi connectivity index (χ0) is 8.48. The first kappa shape index (κ1) is 8.47. The van der Waals surface area contributed by atoms with E-state index in [0.717, 1.165) is 5.56 Å². The van der Waals surface area contributed by atoms with Crippen molar-refractivity contribution in [2.75, 3.05) is 0 Å². The highest BCUT2D eigenvalue weighted by Crippen LogP contribution is 2.27. The van der Waals surface area contributed by atoms with Crippen LogP contribution in [0, 0.1) is 0 Å². The summed E-state index contributed by atoms with van der Waals surface area (Å²) in [6, 6.07) is 0. The molecule has 0 aliphatic carbocycles. The third-order valence-corrected chi connectivity index (χ3v) is 1.79. The number of hydrogen-bond donors (Lipinski definition) is 0. The van der Waals surface area contributed by atoms with Crippen molar-refractivity contribution in [2.45, 2.75) is 26.2 Å². The lowest BCUT2D eigenvalue weighted by Crippen LogP contribution is -2.12. The molecule has 1 aromatic heterocycles. The van der Waals surface area contributed by atoms with Gasteiger partial charge in [-0.2, -0.15) is 10.2 Å². The summed E-state index contributed by atoms with van der Waals surface area (Å²) in [5.74, 6) is 0. The highest BCUT2D eigenvalue weighted by atomic mass is 35.5. The normalized spacial score (nSPS) is 11.6. The third-order valence-electron chi connectivity index (χ3n) is 1.49. The van der Waals surface area contributed by atoms with Gasteiger partial charge >= 0.3 is 0 Å². The predicted molar refractivity (Wildman–Crippen MR) is 45.7 cm³/mol. The molecule has 11 heavy (non-hydrogen) atoms. The van der Waals surface area contributed by atoms with Gasteiger partial charge < -0.3 is 0 Å². The van der Waals surface area contributed by atoms with Gasteiger partial charge in [0, 0.05) is 0 Å². The van der Waals surface area contributed by atoms with E-state index in [-0.39, 0.29) is 5.41 Å². The van der Waals surface area contributed by atoms with Gasteiger partial charge in [0.15, 0.2) is 0 Å². The second-order valence-electron chi connectivity index (χ2n) is 3.50. The summed E-state index contributed by atoms with van der Waals surface area (Å²) in [6.07, 6.45) is 3.28. The molecule has 0 aromatic carbocycles. The van der Waals surface area contributed by atoms with Crippen LogP contribution in [0.2, 0.25) is 5.02 Å². The van der Waals surface area contributed by atoms with Crippen molar-refractivity contribution in [3.05, 3.63) is 23.0 Å². The highest BCUT2D eigenvalue weighted by Gasteiger charge is 2.16. The van der Waals surface area contributed by atoms with Crippen LogP contribution in [0.15, 0.2) is 12.4 Å². The fraction of sp³-hybridized carbons (Fsp3) is 0.500. The molecule has 1 rings (SSSR count). The molecule has 0 unspecified atom stereocenters. The van der Waals surface area contributed by atoms with Crippen molar-refractivity contribution < 1.29 is 0 Å². The SMILES string of the molecule is CC(C)(C)c1cnncc1Cl. The second-order valence-corrected chi connectivity index (χ2v) is 3.91. The molecule has 0 aliphatic rings. The van der Waals surface area contributed by atoms with Gasteiger partial charge in [0.1, 0.15) is 0 Å². The molecular formula is C8H11ClN2. The minimum Gasteiger partial charge on any atom is -0.159 e. The standard InChI is InChI=1S/C8H11ClN2/c1-8(2,3)6-4-10-11-5-7(6)9/h4-5H,1-3H3. The van der Waals surface area contributed by atoms with E-state index in [4.69, 9.17) is 11.6 Å². The lowest BCUT2D eigenvalue weighted by atomic mass is 9.89. The Hall–Kier alpha value is -0.630. The summed E-state index contributed by atoms with van der Waals surface area (Å²) in [7, 11) is 0.